The number of aliphatic hydroxyl groups is 8. The standard InChI is InChI=1S/C65H121NO13/c1-3-5-7-9-11-13-15-17-19-21-23-24-25-26-27-28-29-31-32-34-36-38-40-42-44-46-48-54(69)53(66-57(70)49-47-45-43-41-39-37-35-33-30-22-20-18-16-14-12-10-8-6-4-2)52-76-64-62(75)60(73)63(56(51-68)78-64)79-65-61(74)59(72)58(71)55(50-67)77-65/h18,20,38,40,46,48,53-56,58-65,67-69,71-75H,3-17,19,21-37,39,41-45,47,49-52H2,1-2H3,(H,66,70)/b20-18-,40-38+,48-46+. The van der Waals surface area contributed by atoms with Gasteiger partial charge in [-0.2, -0.15) is 0 Å². The van der Waals surface area contributed by atoms with Crippen LogP contribution in [-0.4, -0.2) is 140 Å². The highest BCUT2D eigenvalue weighted by atomic mass is 16.7. The molecule has 0 saturated carbocycles. The van der Waals surface area contributed by atoms with Gasteiger partial charge in [0.1, 0.15) is 48.8 Å². The van der Waals surface area contributed by atoms with Crippen molar-refractivity contribution in [1.82, 2.24) is 5.32 Å². The zero-order valence-corrected chi connectivity index (χ0v) is 50.1. The van der Waals surface area contributed by atoms with E-state index in [2.05, 4.69) is 43.5 Å². The van der Waals surface area contributed by atoms with Gasteiger partial charge in [-0.25, -0.2) is 0 Å². The van der Waals surface area contributed by atoms with Crippen LogP contribution < -0.4 is 5.32 Å². The van der Waals surface area contributed by atoms with Gasteiger partial charge in [-0.05, 0) is 57.8 Å². The maximum Gasteiger partial charge on any atom is 0.220 e. The van der Waals surface area contributed by atoms with Crippen LogP contribution in [0.25, 0.3) is 0 Å². The fourth-order valence-electron chi connectivity index (χ4n) is 10.8. The number of hydrogen-bond donors (Lipinski definition) is 9. The lowest BCUT2D eigenvalue weighted by atomic mass is 9.97. The first-order valence-electron chi connectivity index (χ1n) is 32.7. The Morgan fingerprint density at radius 2 is 0.810 bits per heavy atom. The van der Waals surface area contributed by atoms with E-state index in [9.17, 15) is 45.6 Å². The number of nitrogens with one attached hydrogen (secondary N) is 1. The molecular weight excluding hydrogens is 1000 g/mol. The molecule has 0 aliphatic carbocycles. The Kier molecular flexibility index (Phi) is 47.0. The van der Waals surface area contributed by atoms with E-state index in [-0.39, 0.29) is 18.9 Å². The minimum atomic E-state index is -1.79. The smallest absolute Gasteiger partial charge is 0.220 e. The molecule has 9 N–H and O–H groups in total. The van der Waals surface area contributed by atoms with Crippen molar-refractivity contribution in [2.75, 3.05) is 19.8 Å². The van der Waals surface area contributed by atoms with E-state index in [1.165, 1.54) is 212 Å². The number of carbonyl (C=O) groups is 1. The third kappa shape index (κ3) is 35.8. The molecule has 2 fully saturated rings. The van der Waals surface area contributed by atoms with E-state index in [0.717, 1.165) is 32.1 Å². The summed E-state index contributed by atoms with van der Waals surface area (Å²) in [6, 6.07) is -0.932. The molecule has 14 heteroatoms. The predicted molar refractivity (Wildman–Crippen MR) is 318 cm³/mol. The van der Waals surface area contributed by atoms with E-state index >= 15 is 0 Å². The molecule has 14 nitrogen and oxygen atoms in total. The molecule has 2 heterocycles. The second-order valence-electron chi connectivity index (χ2n) is 23.2. The largest absolute Gasteiger partial charge is 0.394 e. The lowest BCUT2D eigenvalue weighted by molar-refractivity contribution is -0.359. The molecular formula is C65H121NO13. The summed E-state index contributed by atoms with van der Waals surface area (Å²) in [5.74, 6) is -0.249. The molecule has 0 aromatic heterocycles. The van der Waals surface area contributed by atoms with Crippen LogP contribution in [0.1, 0.15) is 277 Å². The molecule has 2 aliphatic rings. The normalized spacial score (nSPS) is 24.6. The Labute approximate surface area is 481 Å². The highest BCUT2D eigenvalue weighted by Gasteiger charge is 2.51. The monoisotopic (exact) mass is 1120 g/mol. The topological polar surface area (TPSA) is 228 Å². The van der Waals surface area contributed by atoms with Gasteiger partial charge in [0.15, 0.2) is 12.6 Å². The number of carbonyl (C=O) groups excluding carboxylic acids is 1. The number of hydrogen-bond acceptors (Lipinski definition) is 13. The summed E-state index contributed by atoms with van der Waals surface area (Å²) in [4.78, 5) is 13.3. The summed E-state index contributed by atoms with van der Waals surface area (Å²) in [6.07, 6.45) is 46.2. The number of unbranched alkanes of at least 4 members (excludes halogenated alkanes) is 36. The molecule has 2 aliphatic heterocycles. The molecule has 1 amide bonds. The van der Waals surface area contributed by atoms with Crippen LogP contribution in [0, 0.1) is 0 Å². The Morgan fingerprint density at radius 1 is 0.443 bits per heavy atom. The van der Waals surface area contributed by atoms with Gasteiger partial charge in [0.2, 0.25) is 5.91 Å². The predicted octanol–water partition coefficient (Wildman–Crippen LogP) is 12.2. The minimum absolute atomic E-state index is 0.249. The molecule has 79 heavy (non-hydrogen) atoms. The van der Waals surface area contributed by atoms with E-state index in [1.54, 1.807) is 6.08 Å². The van der Waals surface area contributed by atoms with Gasteiger partial charge in [0, 0.05) is 6.42 Å². The Bertz CT molecular complexity index is 1460. The first kappa shape index (κ1) is 73.3. The summed E-state index contributed by atoms with van der Waals surface area (Å²) in [5, 5.41) is 87.2. The van der Waals surface area contributed by atoms with Gasteiger partial charge in [0.25, 0.3) is 0 Å². The number of amides is 1. The van der Waals surface area contributed by atoms with Gasteiger partial charge in [-0.1, -0.05) is 249 Å². The van der Waals surface area contributed by atoms with Crippen LogP contribution in [0.15, 0.2) is 36.5 Å². The molecule has 0 aromatic rings. The molecule has 0 bridgehead atoms. The molecule has 2 rings (SSSR count). The summed E-state index contributed by atoms with van der Waals surface area (Å²) in [6.45, 7) is 2.81. The van der Waals surface area contributed by atoms with Crippen molar-refractivity contribution in [2.24, 2.45) is 0 Å². The average Bonchev–Trinajstić information content (AvgIpc) is 3.47. The van der Waals surface area contributed by atoms with Crippen LogP contribution in [0.3, 0.4) is 0 Å². The van der Waals surface area contributed by atoms with E-state index in [1.807, 2.05) is 6.08 Å². The van der Waals surface area contributed by atoms with Crippen molar-refractivity contribution in [3.8, 4) is 0 Å². The molecule has 2 saturated heterocycles. The van der Waals surface area contributed by atoms with Crippen LogP contribution >= 0.6 is 0 Å². The fraction of sp³-hybridized carbons (Fsp3) is 0.892. The fourth-order valence-corrected chi connectivity index (χ4v) is 10.8. The molecule has 0 radical (unpaired) electrons. The summed E-state index contributed by atoms with van der Waals surface area (Å²) >= 11 is 0. The number of aliphatic hydroxyl groups excluding tert-OH is 8. The molecule has 12 unspecified atom stereocenters. The third-order valence-corrected chi connectivity index (χ3v) is 16.0. The van der Waals surface area contributed by atoms with E-state index in [0.29, 0.717) is 12.8 Å². The Balaban J connectivity index is 1.74. The van der Waals surface area contributed by atoms with Crippen LogP contribution in [0.2, 0.25) is 0 Å². The second kappa shape index (κ2) is 50.7. The van der Waals surface area contributed by atoms with Crippen LogP contribution in [0.4, 0.5) is 0 Å². The zero-order valence-electron chi connectivity index (χ0n) is 50.1. The maximum absolute atomic E-state index is 13.3. The van der Waals surface area contributed by atoms with Crippen molar-refractivity contribution in [3.63, 3.8) is 0 Å². The summed E-state index contributed by atoms with van der Waals surface area (Å²) in [7, 11) is 0. The average molecular weight is 1120 g/mol. The van der Waals surface area contributed by atoms with Gasteiger partial charge in [-0.15, -0.1) is 0 Å². The maximum atomic E-state index is 13.3. The Morgan fingerprint density at radius 3 is 1.24 bits per heavy atom. The lowest BCUT2D eigenvalue weighted by Gasteiger charge is -2.46. The highest BCUT2D eigenvalue weighted by Crippen LogP contribution is 2.30. The van der Waals surface area contributed by atoms with Crippen molar-refractivity contribution >= 4 is 5.91 Å². The molecule has 0 spiro atoms. The summed E-state index contributed by atoms with van der Waals surface area (Å²) < 4.78 is 22.8. The highest BCUT2D eigenvalue weighted by molar-refractivity contribution is 5.76. The number of ether oxygens (including phenoxy) is 4. The lowest BCUT2D eigenvalue weighted by Crippen LogP contribution is -2.65. The van der Waals surface area contributed by atoms with Gasteiger partial charge >= 0.3 is 0 Å². The minimum Gasteiger partial charge on any atom is -0.394 e. The van der Waals surface area contributed by atoms with Crippen molar-refractivity contribution in [1.29, 1.82) is 0 Å². The van der Waals surface area contributed by atoms with Crippen LogP contribution in [0.5, 0.6) is 0 Å². The molecule has 464 valence electrons. The SMILES string of the molecule is CCCCCCCC/C=C\CCCCCCCCCCCC(=O)NC(COC1OC(CO)C(OC2OC(CO)C(O)C(O)C2O)C(O)C1O)C(O)/C=C/CC/C=C/CCCCCCCCCCCCCCCCCCCCCC. The summed E-state index contributed by atoms with van der Waals surface area (Å²) in [5.41, 5.74) is 0. The van der Waals surface area contributed by atoms with Gasteiger partial charge < -0.3 is 65.1 Å². The van der Waals surface area contributed by atoms with Gasteiger partial charge in [-0.3, -0.25) is 4.79 Å². The second-order valence-corrected chi connectivity index (χ2v) is 23.2. The van der Waals surface area contributed by atoms with Crippen molar-refractivity contribution < 1.29 is 64.6 Å². The van der Waals surface area contributed by atoms with Crippen LogP contribution in [-0.2, 0) is 23.7 Å². The molecule has 0 aromatic carbocycles. The number of rotatable bonds is 53. The Hall–Kier alpha value is -1.79. The van der Waals surface area contributed by atoms with E-state index < -0.39 is 86.8 Å². The van der Waals surface area contributed by atoms with Gasteiger partial charge in [0.05, 0.1) is 32.0 Å². The number of allylic oxidation sites excluding steroid dienone is 5. The first-order chi connectivity index (χ1) is 38.6. The first-order valence-corrected chi connectivity index (χ1v) is 32.7. The van der Waals surface area contributed by atoms with E-state index in [4.69, 9.17) is 18.9 Å². The third-order valence-electron chi connectivity index (χ3n) is 16.0. The molecule has 12 atom stereocenters. The zero-order chi connectivity index (χ0) is 57.4. The van der Waals surface area contributed by atoms with Crippen molar-refractivity contribution in [3.05, 3.63) is 36.5 Å². The van der Waals surface area contributed by atoms with Crippen molar-refractivity contribution in [2.45, 2.75) is 351 Å². The quantitative estimate of drug-likeness (QED) is 0.0204.